The second kappa shape index (κ2) is 5.91. The van der Waals surface area contributed by atoms with Gasteiger partial charge in [0, 0.05) is 5.92 Å². The van der Waals surface area contributed by atoms with E-state index in [9.17, 15) is 19.8 Å². The largest absolute Gasteiger partial charge is 0.497 e. The van der Waals surface area contributed by atoms with Crippen molar-refractivity contribution in [3.63, 3.8) is 0 Å². The van der Waals surface area contributed by atoms with Crippen LogP contribution in [0.15, 0.2) is 30.3 Å². The van der Waals surface area contributed by atoms with E-state index < -0.39 is 23.8 Å². The van der Waals surface area contributed by atoms with Crippen molar-refractivity contribution in [1.82, 2.24) is 0 Å². The Morgan fingerprint density at radius 3 is 2.61 bits per heavy atom. The molecule has 5 nitrogen and oxygen atoms in total. The Balaban J connectivity index is 2.17. The van der Waals surface area contributed by atoms with Crippen LogP contribution in [0.4, 0.5) is 0 Å². The van der Waals surface area contributed by atoms with Crippen LogP contribution in [0.3, 0.4) is 0 Å². The molecule has 5 heteroatoms. The van der Waals surface area contributed by atoms with E-state index >= 15 is 0 Å². The summed E-state index contributed by atoms with van der Waals surface area (Å²) < 4.78 is 5.28. The molecular formula is C18H18O5. The Hall–Kier alpha value is -2.56. The van der Waals surface area contributed by atoms with Gasteiger partial charge >= 0.3 is 11.9 Å². The standard InChI is InChI=1S/C18H18O5/c1-23-11-4-2-10-3-5-13-12(15(10)8-11)6-7-14(18(21)22)16(13)9-17(19)20/h2-5,8,14,16H,6-7,9H2,1H3,(H,19,20)(H,21,22)/t14-,16-/m0/s1. The molecule has 23 heavy (non-hydrogen) atoms. The number of carbonyl (C=O) groups is 2. The van der Waals surface area contributed by atoms with Crippen molar-refractivity contribution in [1.29, 1.82) is 0 Å². The minimum atomic E-state index is -0.972. The fourth-order valence-corrected chi connectivity index (χ4v) is 3.58. The zero-order chi connectivity index (χ0) is 16.6. The van der Waals surface area contributed by atoms with Gasteiger partial charge in [0.15, 0.2) is 0 Å². The first-order chi connectivity index (χ1) is 11.0. The van der Waals surface area contributed by atoms with Crippen molar-refractivity contribution >= 4 is 22.7 Å². The predicted molar refractivity (Wildman–Crippen MR) is 84.9 cm³/mol. The van der Waals surface area contributed by atoms with E-state index in [-0.39, 0.29) is 6.42 Å². The fraction of sp³-hybridized carbons (Fsp3) is 0.333. The number of fused-ring (bicyclic) bond motifs is 3. The zero-order valence-electron chi connectivity index (χ0n) is 12.8. The van der Waals surface area contributed by atoms with Gasteiger partial charge in [0.1, 0.15) is 5.75 Å². The molecule has 120 valence electrons. The lowest BCUT2D eigenvalue weighted by Crippen LogP contribution is -2.29. The number of rotatable bonds is 4. The van der Waals surface area contributed by atoms with Crippen molar-refractivity contribution in [2.75, 3.05) is 7.11 Å². The van der Waals surface area contributed by atoms with Gasteiger partial charge in [-0.15, -0.1) is 0 Å². The fourth-order valence-electron chi connectivity index (χ4n) is 3.58. The van der Waals surface area contributed by atoms with Crippen LogP contribution in [-0.4, -0.2) is 29.3 Å². The molecule has 0 aliphatic heterocycles. The molecule has 2 N–H and O–H groups in total. The predicted octanol–water partition coefficient (Wildman–Crippen LogP) is 3.05. The first-order valence-electron chi connectivity index (χ1n) is 7.55. The maximum absolute atomic E-state index is 11.5. The van der Waals surface area contributed by atoms with Crippen LogP contribution >= 0.6 is 0 Å². The molecule has 3 rings (SSSR count). The Labute approximate surface area is 133 Å². The number of carboxylic acids is 2. The first-order valence-corrected chi connectivity index (χ1v) is 7.55. The van der Waals surface area contributed by atoms with Gasteiger partial charge in [-0.3, -0.25) is 9.59 Å². The lowest BCUT2D eigenvalue weighted by Gasteiger charge is -2.31. The van der Waals surface area contributed by atoms with Gasteiger partial charge in [-0.25, -0.2) is 0 Å². The number of methoxy groups -OCH3 is 1. The normalized spacial score (nSPS) is 20.0. The van der Waals surface area contributed by atoms with Crippen LogP contribution in [-0.2, 0) is 16.0 Å². The van der Waals surface area contributed by atoms with Crippen molar-refractivity contribution in [2.24, 2.45) is 5.92 Å². The van der Waals surface area contributed by atoms with Crippen molar-refractivity contribution in [3.8, 4) is 5.75 Å². The number of hydrogen-bond donors (Lipinski definition) is 2. The summed E-state index contributed by atoms with van der Waals surface area (Å²) in [5.41, 5.74) is 1.89. The second-order valence-electron chi connectivity index (χ2n) is 5.91. The summed E-state index contributed by atoms with van der Waals surface area (Å²) in [6, 6.07) is 9.59. The van der Waals surface area contributed by atoms with E-state index in [0.717, 1.165) is 27.6 Å². The number of aryl methyl sites for hydroxylation is 1. The molecule has 0 heterocycles. The van der Waals surface area contributed by atoms with Crippen molar-refractivity contribution in [3.05, 3.63) is 41.5 Å². The molecule has 2 aromatic rings. The summed E-state index contributed by atoms with van der Waals surface area (Å²) in [7, 11) is 1.60. The van der Waals surface area contributed by atoms with Crippen LogP contribution in [0, 0.1) is 5.92 Å². The number of ether oxygens (including phenoxy) is 1. The Kier molecular flexibility index (Phi) is 3.94. The quantitative estimate of drug-likeness (QED) is 0.906. The maximum atomic E-state index is 11.5. The molecule has 0 spiro atoms. The summed E-state index contributed by atoms with van der Waals surface area (Å²) in [5, 5.41) is 20.7. The van der Waals surface area contributed by atoms with Crippen molar-refractivity contribution < 1.29 is 24.5 Å². The van der Waals surface area contributed by atoms with Crippen LogP contribution < -0.4 is 4.74 Å². The van der Waals surface area contributed by atoms with Crippen molar-refractivity contribution in [2.45, 2.75) is 25.2 Å². The van der Waals surface area contributed by atoms with Crippen LogP contribution in [0.25, 0.3) is 10.8 Å². The molecule has 0 amide bonds. The topological polar surface area (TPSA) is 83.8 Å². The van der Waals surface area contributed by atoms with Crippen LogP contribution in [0.2, 0.25) is 0 Å². The van der Waals surface area contributed by atoms with E-state index in [1.807, 2.05) is 30.3 Å². The van der Waals surface area contributed by atoms with E-state index in [1.165, 1.54) is 0 Å². The smallest absolute Gasteiger partial charge is 0.307 e. The summed E-state index contributed by atoms with van der Waals surface area (Å²) in [6.45, 7) is 0. The van der Waals surface area contributed by atoms with Gasteiger partial charge in [-0.05, 0) is 46.9 Å². The molecule has 0 saturated carbocycles. The minimum Gasteiger partial charge on any atom is -0.497 e. The highest BCUT2D eigenvalue weighted by molar-refractivity contribution is 5.89. The van der Waals surface area contributed by atoms with E-state index in [4.69, 9.17) is 4.74 Å². The highest BCUT2D eigenvalue weighted by atomic mass is 16.5. The highest BCUT2D eigenvalue weighted by Crippen LogP contribution is 2.42. The average molecular weight is 314 g/mol. The molecular weight excluding hydrogens is 296 g/mol. The molecule has 1 aliphatic carbocycles. The highest BCUT2D eigenvalue weighted by Gasteiger charge is 2.36. The SMILES string of the molecule is COc1ccc2ccc3c(c2c1)CC[C@H](C(=O)O)[C@H]3CC(=O)O. The van der Waals surface area contributed by atoms with Crippen LogP contribution in [0.1, 0.15) is 29.9 Å². The first kappa shape index (κ1) is 15.3. The van der Waals surface area contributed by atoms with Gasteiger partial charge in [0.05, 0.1) is 19.4 Å². The molecule has 0 fully saturated rings. The monoisotopic (exact) mass is 314 g/mol. The Bertz CT molecular complexity index is 780. The minimum absolute atomic E-state index is 0.167. The summed E-state index contributed by atoms with van der Waals surface area (Å²) in [5.74, 6) is -2.31. The number of benzene rings is 2. The molecule has 0 aromatic heterocycles. The van der Waals surface area contributed by atoms with Gasteiger partial charge in [-0.1, -0.05) is 18.2 Å². The van der Waals surface area contributed by atoms with E-state index in [0.29, 0.717) is 12.8 Å². The third kappa shape index (κ3) is 2.74. The van der Waals surface area contributed by atoms with E-state index in [1.54, 1.807) is 7.11 Å². The second-order valence-corrected chi connectivity index (χ2v) is 5.91. The molecule has 2 aromatic carbocycles. The van der Waals surface area contributed by atoms with Crippen LogP contribution in [0.5, 0.6) is 5.75 Å². The Morgan fingerprint density at radius 2 is 1.96 bits per heavy atom. The molecule has 0 unspecified atom stereocenters. The lowest BCUT2D eigenvalue weighted by atomic mass is 9.72. The third-order valence-electron chi connectivity index (χ3n) is 4.68. The zero-order valence-corrected chi connectivity index (χ0v) is 12.8. The summed E-state index contributed by atoms with van der Waals surface area (Å²) >= 11 is 0. The molecule has 0 bridgehead atoms. The van der Waals surface area contributed by atoms with Gasteiger partial charge in [0.25, 0.3) is 0 Å². The Morgan fingerprint density at radius 1 is 1.22 bits per heavy atom. The summed E-state index contributed by atoms with van der Waals surface area (Å²) in [6.07, 6.45) is 0.920. The summed E-state index contributed by atoms with van der Waals surface area (Å²) in [4.78, 5) is 22.7. The molecule has 2 atom stereocenters. The number of hydrogen-bond acceptors (Lipinski definition) is 3. The number of carboxylic acid groups (broad SMARTS) is 2. The molecule has 0 radical (unpaired) electrons. The van der Waals surface area contributed by atoms with Gasteiger partial charge in [0.2, 0.25) is 0 Å². The molecule has 1 aliphatic rings. The lowest BCUT2D eigenvalue weighted by molar-refractivity contribution is -0.144. The van der Waals surface area contributed by atoms with E-state index in [2.05, 4.69) is 0 Å². The van der Waals surface area contributed by atoms with Gasteiger partial charge in [-0.2, -0.15) is 0 Å². The third-order valence-corrected chi connectivity index (χ3v) is 4.68. The van der Waals surface area contributed by atoms with Gasteiger partial charge < -0.3 is 14.9 Å². The number of aliphatic carboxylic acids is 2. The average Bonchev–Trinajstić information content (AvgIpc) is 2.53. The molecule has 0 saturated heterocycles. The maximum Gasteiger partial charge on any atom is 0.307 e.